The van der Waals surface area contributed by atoms with Crippen LogP contribution >= 0.6 is 11.6 Å². The molecule has 0 atom stereocenters. The average Bonchev–Trinajstić information content (AvgIpc) is 2.47. The summed E-state index contributed by atoms with van der Waals surface area (Å²) in [7, 11) is 0. The predicted octanol–water partition coefficient (Wildman–Crippen LogP) is 4.45. The molecular formula is C15H11ClF3N3. The monoisotopic (exact) mass is 325 g/mol. The third-order valence-corrected chi connectivity index (χ3v) is 3.54. The van der Waals surface area contributed by atoms with Crippen LogP contribution in [-0.4, -0.2) is 5.17 Å². The van der Waals surface area contributed by atoms with E-state index in [4.69, 9.17) is 11.6 Å². The van der Waals surface area contributed by atoms with Crippen LogP contribution in [0.5, 0.6) is 0 Å². The molecule has 7 heteroatoms. The fraction of sp³-hybridized carbons (Fsp3) is 0.133. The Morgan fingerprint density at radius 1 is 1.09 bits per heavy atom. The SMILES string of the molecule is FC(F)(F)c1cccc(Nc2ccc3c(c2)CNN=C3Cl)c1. The molecule has 0 saturated heterocycles. The first-order valence-corrected chi connectivity index (χ1v) is 6.85. The van der Waals surface area contributed by atoms with Crippen molar-refractivity contribution in [2.75, 3.05) is 5.32 Å². The topological polar surface area (TPSA) is 36.4 Å². The molecule has 114 valence electrons. The van der Waals surface area contributed by atoms with E-state index in [0.29, 0.717) is 23.1 Å². The van der Waals surface area contributed by atoms with Crippen molar-refractivity contribution in [3.05, 3.63) is 59.2 Å². The lowest BCUT2D eigenvalue weighted by molar-refractivity contribution is -0.137. The van der Waals surface area contributed by atoms with Crippen molar-refractivity contribution in [1.29, 1.82) is 0 Å². The fourth-order valence-corrected chi connectivity index (χ4v) is 2.46. The summed E-state index contributed by atoms with van der Waals surface area (Å²) in [5, 5.41) is 7.25. The van der Waals surface area contributed by atoms with Gasteiger partial charge in [0.1, 0.15) is 0 Å². The maximum absolute atomic E-state index is 12.7. The number of benzene rings is 2. The van der Waals surface area contributed by atoms with Crippen molar-refractivity contribution in [3.63, 3.8) is 0 Å². The zero-order valence-corrected chi connectivity index (χ0v) is 12.0. The molecule has 3 nitrogen and oxygen atoms in total. The minimum Gasteiger partial charge on any atom is -0.356 e. The van der Waals surface area contributed by atoms with Crippen LogP contribution in [0.2, 0.25) is 0 Å². The average molecular weight is 326 g/mol. The lowest BCUT2D eigenvalue weighted by Gasteiger charge is -2.16. The number of hydrazone groups is 1. The van der Waals surface area contributed by atoms with Crippen molar-refractivity contribution >= 4 is 28.1 Å². The van der Waals surface area contributed by atoms with E-state index in [1.807, 2.05) is 6.07 Å². The molecule has 22 heavy (non-hydrogen) atoms. The summed E-state index contributed by atoms with van der Waals surface area (Å²) in [6.07, 6.45) is -4.36. The van der Waals surface area contributed by atoms with Gasteiger partial charge in [0, 0.05) is 16.9 Å². The number of hydrogen-bond donors (Lipinski definition) is 2. The van der Waals surface area contributed by atoms with Crippen molar-refractivity contribution < 1.29 is 13.2 Å². The Morgan fingerprint density at radius 2 is 1.86 bits per heavy atom. The van der Waals surface area contributed by atoms with Gasteiger partial charge in [0.15, 0.2) is 5.17 Å². The summed E-state index contributed by atoms with van der Waals surface area (Å²) >= 11 is 5.97. The molecule has 0 aliphatic carbocycles. The van der Waals surface area contributed by atoms with Crippen LogP contribution in [0.25, 0.3) is 0 Å². The molecule has 2 N–H and O–H groups in total. The maximum Gasteiger partial charge on any atom is 0.416 e. The Kier molecular flexibility index (Phi) is 3.70. The number of anilines is 2. The molecule has 0 spiro atoms. The van der Waals surface area contributed by atoms with E-state index in [2.05, 4.69) is 15.8 Å². The van der Waals surface area contributed by atoms with E-state index in [1.165, 1.54) is 6.07 Å². The van der Waals surface area contributed by atoms with Crippen LogP contribution in [-0.2, 0) is 12.7 Å². The zero-order valence-electron chi connectivity index (χ0n) is 11.2. The Balaban J connectivity index is 1.87. The number of nitrogens with one attached hydrogen (secondary N) is 2. The maximum atomic E-state index is 12.7. The predicted molar refractivity (Wildman–Crippen MR) is 80.4 cm³/mol. The summed E-state index contributed by atoms with van der Waals surface area (Å²) < 4.78 is 38.1. The summed E-state index contributed by atoms with van der Waals surface area (Å²) in [4.78, 5) is 0. The molecule has 0 amide bonds. The Bertz CT molecular complexity index is 741. The van der Waals surface area contributed by atoms with Crippen molar-refractivity contribution in [3.8, 4) is 0 Å². The highest BCUT2D eigenvalue weighted by atomic mass is 35.5. The Labute approximate surface area is 129 Å². The highest BCUT2D eigenvalue weighted by Gasteiger charge is 2.30. The van der Waals surface area contributed by atoms with Gasteiger partial charge in [0.25, 0.3) is 0 Å². The first-order chi connectivity index (χ1) is 10.4. The first kappa shape index (κ1) is 14.7. The molecule has 0 saturated carbocycles. The van der Waals surface area contributed by atoms with Gasteiger partial charge < -0.3 is 10.7 Å². The summed E-state index contributed by atoms with van der Waals surface area (Å²) in [5.41, 5.74) is 4.90. The lowest BCUT2D eigenvalue weighted by Crippen LogP contribution is -2.17. The molecule has 2 aromatic rings. The Hall–Kier alpha value is -2.21. The van der Waals surface area contributed by atoms with Crippen LogP contribution < -0.4 is 10.7 Å². The van der Waals surface area contributed by atoms with Gasteiger partial charge in [-0.2, -0.15) is 18.3 Å². The van der Waals surface area contributed by atoms with Gasteiger partial charge in [-0.15, -0.1) is 0 Å². The number of alkyl halides is 3. The first-order valence-electron chi connectivity index (χ1n) is 6.47. The van der Waals surface area contributed by atoms with Crippen LogP contribution in [0, 0.1) is 0 Å². The van der Waals surface area contributed by atoms with Gasteiger partial charge >= 0.3 is 6.18 Å². The van der Waals surface area contributed by atoms with Crippen LogP contribution in [0.1, 0.15) is 16.7 Å². The molecule has 0 aromatic heterocycles. The van der Waals surface area contributed by atoms with Gasteiger partial charge in [-0.3, -0.25) is 0 Å². The van der Waals surface area contributed by atoms with Gasteiger partial charge in [-0.05, 0) is 42.0 Å². The molecule has 1 aliphatic heterocycles. The second-order valence-corrected chi connectivity index (χ2v) is 5.17. The van der Waals surface area contributed by atoms with Crippen LogP contribution in [0.15, 0.2) is 47.6 Å². The summed E-state index contributed by atoms with van der Waals surface area (Å²) in [6, 6.07) is 10.4. The van der Waals surface area contributed by atoms with Gasteiger partial charge in [0.05, 0.1) is 12.1 Å². The van der Waals surface area contributed by atoms with E-state index < -0.39 is 11.7 Å². The van der Waals surface area contributed by atoms with E-state index in [0.717, 1.165) is 23.3 Å². The van der Waals surface area contributed by atoms with Gasteiger partial charge in [0.2, 0.25) is 0 Å². The summed E-state index contributed by atoms with van der Waals surface area (Å²) in [6.45, 7) is 0.518. The van der Waals surface area contributed by atoms with Crippen molar-refractivity contribution in [2.45, 2.75) is 12.7 Å². The third kappa shape index (κ3) is 3.01. The largest absolute Gasteiger partial charge is 0.416 e. The standard InChI is InChI=1S/C15H11ClF3N3/c16-14-13-5-4-12(6-9(13)8-20-22-14)21-11-3-1-2-10(7-11)15(17,18)19/h1-7,20-21H,8H2. The third-order valence-electron chi connectivity index (χ3n) is 3.25. The second kappa shape index (κ2) is 5.53. The number of nitrogens with zero attached hydrogens (tertiary/aromatic N) is 1. The quantitative estimate of drug-likeness (QED) is 0.855. The molecule has 1 heterocycles. The highest BCUT2D eigenvalue weighted by Crippen LogP contribution is 2.31. The van der Waals surface area contributed by atoms with Crippen LogP contribution in [0.3, 0.4) is 0 Å². The van der Waals surface area contributed by atoms with Gasteiger partial charge in [-0.1, -0.05) is 17.7 Å². The Morgan fingerprint density at radius 3 is 2.64 bits per heavy atom. The molecule has 1 aliphatic rings. The number of hydrogen-bond acceptors (Lipinski definition) is 3. The summed E-state index contributed by atoms with van der Waals surface area (Å²) in [5.74, 6) is 0. The molecular weight excluding hydrogens is 315 g/mol. The number of rotatable bonds is 2. The molecule has 0 radical (unpaired) electrons. The normalized spacial score (nSPS) is 13.9. The minimum atomic E-state index is -4.36. The molecule has 2 aromatic carbocycles. The van der Waals surface area contributed by atoms with E-state index >= 15 is 0 Å². The van der Waals surface area contributed by atoms with E-state index in [-0.39, 0.29) is 0 Å². The number of halogens is 4. The van der Waals surface area contributed by atoms with Crippen molar-refractivity contribution in [1.82, 2.24) is 5.43 Å². The highest BCUT2D eigenvalue weighted by molar-refractivity contribution is 6.69. The molecule has 0 bridgehead atoms. The van der Waals surface area contributed by atoms with Crippen LogP contribution in [0.4, 0.5) is 24.5 Å². The van der Waals surface area contributed by atoms with Crippen molar-refractivity contribution in [2.24, 2.45) is 5.10 Å². The smallest absolute Gasteiger partial charge is 0.356 e. The molecule has 0 unspecified atom stereocenters. The molecule has 3 rings (SSSR count). The lowest BCUT2D eigenvalue weighted by atomic mass is 10.1. The van der Waals surface area contributed by atoms with Gasteiger partial charge in [-0.25, -0.2) is 0 Å². The molecule has 0 fully saturated rings. The van der Waals surface area contributed by atoms with E-state index in [9.17, 15) is 13.2 Å². The second-order valence-electron chi connectivity index (χ2n) is 4.81. The van der Waals surface area contributed by atoms with E-state index in [1.54, 1.807) is 18.2 Å². The minimum absolute atomic E-state index is 0.367. The fourth-order valence-electron chi connectivity index (χ4n) is 2.21. The zero-order chi connectivity index (χ0) is 15.7. The number of fused-ring (bicyclic) bond motifs is 1.